The van der Waals surface area contributed by atoms with Crippen molar-refractivity contribution in [2.24, 2.45) is 0 Å². The molecule has 8 N–H and O–H groups in total. The van der Waals surface area contributed by atoms with E-state index in [4.69, 9.17) is 43.8 Å². The van der Waals surface area contributed by atoms with Crippen LogP contribution in [0.4, 0.5) is 14.6 Å². The molecule has 0 aliphatic carbocycles. The largest absolute Gasteiger partial charge is 0.490 e. The van der Waals surface area contributed by atoms with Crippen LogP contribution in [0.1, 0.15) is 6.23 Å². The second-order valence-electron chi connectivity index (χ2n) is 6.16. The van der Waals surface area contributed by atoms with Gasteiger partial charge in [0.1, 0.15) is 6.61 Å². The van der Waals surface area contributed by atoms with Crippen molar-refractivity contribution >= 4 is 41.5 Å². The topological polar surface area (TPSA) is 253 Å². The van der Waals surface area contributed by atoms with Gasteiger partial charge >= 0.3 is 23.5 Å². The third-order valence-corrected chi connectivity index (χ3v) is 7.85. The fourth-order valence-electron chi connectivity index (χ4n) is 2.43. The maximum Gasteiger partial charge on any atom is 0.490 e. The van der Waals surface area contributed by atoms with Gasteiger partial charge in [-0.15, -0.1) is 6.42 Å². The molecule has 0 bridgehead atoms. The van der Waals surface area contributed by atoms with E-state index in [9.17, 15) is 33.2 Å². The van der Waals surface area contributed by atoms with E-state index in [0.717, 1.165) is 0 Å². The van der Waals surface area contributed by atoms with Crippen LogP contribution in [-0.2, 0) is 31.6 Å². The molecule has 1 aliphatic heterocycles. The highest BCUT2D eigenvalue weighted by molar-refractivity contribution is 7.71. The van der Waals surface area contributed by atoms with E-state index in [1.807, 2.05) is 0 Å². The van der Waals surface area contributed by atoms with Crippen molar-refractivity contribution in [1.82, 2.24) is 9.55 Å². The molecule has 0 radical (unpaired) electrons. The molecule has 0 spiro atoms. The normalized spacial score (nSPS) is 31.5. The Bertz CT molecular complexity index is 1190. The number of terminal acetylenes is 1. The van der Waals surface area contributed by atoms with E-state index in [1.165, 1.54) is 0 Å². The zero-order chi connectivity index (χ0) is 25.6. The summed E-state index contributed by atoms with van der Waals surface area (Å²) in [5.41, 5.74) is 2.21. The number of nitrogen functional groups attached to an aromatic ring is 1. The van der Waals surface area contributed by atoms with Gasteiger partial charge in [0.15, 0.2) is 24.0 Å². The van der Waals surface area contributed by atoms with Crippen LogP contribution < -0.4 is 5.73 Å². The van der Waals surface area contributed by atoms with Crippen molar-refractivity contribution in [3.8, 4) is 12.3 Å². The molecule has 1 aliphatic rings. The number of nitrogens with zero attached hydrogens (tertiary/aromatic N) is 2. The van der Waals surface area contributed by atoms with Gasteiger partial charge in [0.25, 0.3) is 5.85 Å². The number of alkyl halides is 1. The summed E-state index contributed by atoms with van der Waals surface area (Å²) in [6.07, 6.45) is 0.636. The standard InChI is InChI=1S/C11H14F2N3O13P3S/c1-2-10(18)7(17)11(13,27-8(10)16-3-5(12)6(14)15-9(16)33)4-26-31(22,23)29-32(24,25)28-30(19,20)21/h1,3,7-8,17-18H,4H2,(H,22,23)(H,24,25)(H2,14,15,33)(H2,19,20,21)/t7-,8-,10?,11-/m1/s1. The summed E-state index contributed by atoms with van der Waals surface area (Å²) >= 11 is 4.80. The van der Waals surface area contributed by atoms with Gasteiger partial charge in [-0.1, -0.05) is 5.92 Å². The summed E-state index contributed by atoms with van der Waals surface area (Å²) in [6.45, 7) is -1.85. The Balaban J connectivity index is 2.31. The molecule has 22 heteroatoms. The summed E-state index contributed by atoms with van der Waals surface area (Å²) in [7, 11) is -17.5. The van der Waals surface area contributed by atoms with Crippen LogP contribution in [0.3, 0.4) is 0 Å². The van der Waals surface area contributed by atoms with Gasteiger partial charge in [-0.3, -0.25) is 9.09 Å². The predicted octanol–water partition coefficient (Wildman–Crippen LogP) is -0.403. The third-order valence-electron chi connectivity index (χ3n) is 3.77. The minimum atomic E-state index is -5.93. The van der Waals surface area contributed by atoms with Crippen molar-refractivity contribution in [1.29, 1.82) is 0 Å². The minimum absolute atomic E-state index is 0.469. The number of phosphoric acid groups is 3. The lowest BCUT2D eigenvalue weighted by atomic mass is 9.94. The maximum atomic E-state index is 15.3. The van der Waals surface area contributed by atoms with Crippen molar-refractivity contribution in [2.45, 2.75) is 23.8 Å². The molecular weight excluding hydrogens is 545 g/mol. The second-order valence-corrected chi connectivity index (χ2v) is 10.9. The van der Waals surface area contributed by atoms with Crippen LogP contribution in [-0.4, -0.2) is 63.5 Å². The number of phosphoric ester groups is 1. The summed E-state index contributed by atoms with van der Waals surface area (Å²) < 4.78 is 78.3. The molecule has 2 rings (SSSR count). The number of hydrogen-bond donors (Lipinski definition) is 7. The van der Waals surface area contributed by atoms with E-state index in [1.54, 1.807) is 5.92 Å². The van der Waals surface area contributed by atoms with E-state index >= 15 is 4.39 Å². The molecule has 1 aromatic heterocycles. The fourth-order valence-corrected chi connectivity index (χ4v) is 5.71. The molecule has 3 unspecified atom stereocenters. The zero-order valence-electron chi connectivity index (χ0n) is 15.5. The average molecular weight is 559 g/mol. The molecule has 2 heterocycles. The molecule has 1 fully saturated rings. The third kappa shape index (κ3) is 6.28. The highest BCUT2D eigenvalue weighted by Gasteiger charge is 2.65. The Morgan fingerprint density at radius 2 is 1.88 bits per heavy atom. The lowest BCUT2D eigenvalue weighted by Crippen LogP contribution is -2.50. The Labute approximate surface area is 187 Å². The maximum absolute atomic E-state index is 15.3. The first-order valence-corrected chi connectivity index (χ1v) is 12.8. The molecule has 0 saturated carbocycles. The predicted molar refractivity (Wildman–Crippen MR) is 101 cm³/mol. The van der Waals surface area contributed by atoms with Gasteiger partial charge in [-0.05, 0) is 12.2 Å². The second kappa shape index (κ2) is 9.11. The van der Waals surface area contributed by atoms with E-state index in [-0.39, 0.29) is 0 Å². The first kappa shape index (κ1) is 28.1. The molecule has 1 aromatic rings. The molecule has 6 atom stereocenters. The fraction of sp³-hybridized carbons (Fsp3) is 0.455. The van der Waals surface area contributed by atoms with Crippen molar-refractivity contribution in [2.75, 3.05) is 12.3 Å². The van der Waals surface area contributed by atoms with Crippen molar-refractivity contribution < 1.29 is 70.1 Å². The smallest absolute Gasteiger partial charge is 0.383 e. The van der Waals surface area contributed by atoms with Crippen molar-refractivity contribution in [3.63, 3.8) is 0 Å². The summed E-state index contributed by atoms with van der Waals surface area (Å²) in [6, 6.07) is 0. The van der Waals surface area contributed by atoms with Crippen molar-refractivity contribution in [3.05, 3.63) is 16.8 Å². The van der Waals surface area contributed by atoms with E-state index < -0.39 is 70.3 Å². The number of aromatic nitrogens is 2. The van der Waals surface area contributed by atoms with Gasteiger partial charge < -0.3 is 40.3 Å². The number of aliphatic hydroxyl groups excluding tert-OH is 1. The van der Waals surface area contributed by atoms with Gasteiger partial charge in [-0.2, -0.15) is 13.6 Å². The molecule has 0 amide bonds. The average Bonchev–Trinajstić information content (AvgIpc) is 2.82. The number of hydrogen-bond acceptors (Lipinski definition) is 12. The SMILES string of the molecule is C#CC1(O)[C@@H](O)[C@@](F)(COP(=O)(O)OP(=O)(O)OP(=O)(O)O)O[C@H]1n1cc(F)c(N)nc1=S. The van der Waals surface area contributed by atoms with Crippen LogP contribution in [0.2, 0.25) is 0 Å². The van der Waals surface area contributed by atoms with E-state index in [2.05, 4.69) is 18.1 Å². The first-order valence-electron chi connectivity index (χ1n) is 7.83. The van der Waals surface area contributed by atoms with Gasteiger partial charge in [0, 0.05) is 6.20 Å². The number of anilines is 1. The highest BCUT2D eigenvalue weighted by Crippen LogP contribution is 2.66. The summed E-state index contributed by atoms with van der Waals surface area (Å²) in [5, 5.41) is 20.7. The summed E-state index contributed by atoms with van der Waals surface area (Å²) in [4.78, 5) is 38.8. The van der Waals surface area contributed by atoms with Crippen LogP contribution in [0, 0.1) is 22.9 Å². The monoisotopic (exact) mass is 559 g/mol. The summed E-state index contributed by atoms with van der Waals surface area (Å²) in [5.74, 6) is -3.98. The minimum Gasteiger partial charge on any atom is -0.383 e. The Kier molecular flexibility index (Phi) is 7.75. The lowest BCUT2D eigenvalue weighted by molar-refractivity contribution is -0.204. The quantitative estimate of drug-likeness (QED) is 0.121. The molecule has 16 nitrogen and oxygen atoms in total. The Morgan fingerprint density at radius 1 is 1.30 bits per heavy atom. The molecule has 0 aromatic carbocycles. The Hall–Kier alpha value is -1.19. The molecule has 1 saturated heterocycles. The van der Waals surface area contributed by atoms with Crippen LogP contribution in [0.25, 0.3) is 0 Å². The first-order chi connectivity index (χ1) is 14.8. The number of aliphatic hydroxyl groups is 2. The number of rotatable bonds is 8. The van der Waals surface area contributed by atoms with E-state index in [0.29, 0.717) is 10.8 Å². The van der Waals surface area contributed by atoms with Gasteiger partial charge in [0.2, 0.25) is 10.4 Å². The number of halogens is 2. The van der Waals surface area contributed by atoms with Crippen LogP contribution in [0.15, 0.2) is 6.20 Å². The molecule has 33 heavy (non-hydrogen) atoms. The highest BCUT2D eigenvalue weighted by atomic mass is 32.1. The Morgan fingerprint density at radius 3 is 2.39 bits per heavy atom. The lowest BCUT2D eigenvalue weighted by Gasteiger charge is -2.27. The van der Waals surface area contributed by atoms with Crippen LogP contribution in [0.5, 0.6) is 0 Å². The van der Waals surface area contributed by atoms with Gasteiger partial charge in [0.05, 0.1) is 0 Å². The number of ether oxygens (including phenoxy) is 1. The zero-order valence-corrected chi connectivity index (χ0v) is 19.0. The molecular formula is C11H14F2N3O13P3S. The van der Waals surface area contributed by atoms with Crippen LogP contribution >= 0.6 is 35.7 Å². The number of nitrogens with two attached hydrogens (primary N) is 1. The van der Waals surface area contributed by atoms with Gasteiger partial charge in [-0.25, -0.2) is 22.5 Å². The molecule has 186 valence electrons.